The average molecular weight is 187 g/mol. The molecule has 0 unspecified atom stereocenters. The van der Waals surface area contributed by atoms with Gasteiger partial charge in [-0.2, -0.15) is 0 Å². The number of nitrogens with one attached hydrogen (secondary N) is 1. The molecule has 11 heavy (non-hydrogen) atoms. The molecule has 0 aromatic heterocycles. The van der Waals surface area contributed by atoms with Crippen molar-refractivity contribution in [2.24, 2.45) is 0 Å². The molecule has 0 rings (SSSR count). The molecule has 1 nitrogen and oxygen atoms in total. The van der Waals surface area contributed by atoms with Crippen LogP contribution in [0.3, 0.4) is 0 Å². The molecule has 0 spiro atoms. The molecule has 66 valence electrons. The van der Waals surface area contributed by atoms with E-state index < -0.39 is 0 Å². The van der Waals surface area contributed by atoms with E-state index in [1.165, 1.54) is 0 Å². The van der Waals surface area contributed by atoms with Crippen LogP contribution in [0.5, 0.6) is 0 Å². The molecular formula is C8H21NSi2. The fraction of sp³-hybridized carbons (Fsp3) is 1.00. The smallest absolute Gasteiger partial charge is 0.132 e. The Hall–Kier alpha value is 0.394. The van der Waals surface area contributed by atoms with Crippen LogP contribution in [-0.2, 0) is 0 Å². The molecular weight excluding hydrogens is 166 g/mol. The molecule has 0 fully saturated rings. The van der Waals surface area contributed by atoms with Gasteiger partial charge in [-0.1, -0.05) is 40.8 Å². The maximum Gasteiger partial charge on any atom is 0.132 e. The summed E-state index contributed by atoms with van der Waals surface area (Å²) >= 11 is 0. The average Bonchev–Trinajstić information content (AvgIpc) is 1.81. The van der Waals surface area contributed by atoms with Gasteiger partial charge in [-0.15, -0.1) is 0 Å². The number of hydrogen-bond donors (Lipinski definition) is 1. The first-order chi connectivity index (χ1) is 4.95. The Morgan fingerprint density at radius 3 is 1.36 bits per heavy atom. The lowest BCUT2D eigenvalue weighted by atomic mass is 10.5. The third-order valence-corrected chi connectivity index (χ3v) is 7.28. The quantitative estimate of drug-likeness (QED) is 0.667. The maximum atomic E-state index is 3.78. The van der Waals surface area contributed by atoms with Gasteiger partial charge in [0.05, 0.1) is 0 Å². The highest BCUT2D eigenvalue weighted by Gasteiger charge is 2.20. The van der Waals surface area contributed by atoms with Gasteiger partial charge in [0.25, 0.3) is 0 Å². The summed E-state index contributed by atoms with van der Waals surface area (Å²) in [6, 6.07) is 0. The Labute approximate surface area is 75.0 Å². The molecule has 3 heteroatoms. The standard InChI is InChI=1S/C8H21NSi2/c1-7(2)11(8(3)4)9-10(5)6/h7-9H,1-6H3. The van der Waals surface area contributed by atoms with Crippen LogP contribution in [0, 0.1) is 0 Å². The topological polar surface area (TPSA) is 12.0 Å². The lowest BCUT2D eigenvalue weighted by molar-refractivity contribution is 0.914. The molecule has 0 heterocycles. The van der Waals surface area contributed by atoms with E-state index in [-0.39, 0.29) is 17.9 Å². The predicted molar refractivity (Wildman–Crippen MR) is 56.6 cm³/mol. The van der Waals surface area contributed by atoms with E-state index in [0.29, 0.717) is 0 Å². The highest BCUT2D eigenvalue weighted by atomic mass is 28.3. The van der Waals surface area contributed by atoms with Crippen molar-refractivity contribution in [3.63, 3.8) is 0 Å². The zero-order valence-electron chi connectivity index (χ0n) is 8.65. The first-order valence-electron chi connectivity index (χ1n) is 4.39. The van der Waals surface area contributed by atoms with Crippen molar-refractivity contribution in [2.75, 3.05) is 0 Å². The molecule has 0 atom stereocenters. The summed E-state index contributed by atoms with van der Waals surface area (Å²) in [4.78, 5) is 0. The molecule has 2 radical (unpaired) electrons. The second-order valence-electron chi connectivity index (χ2n) is 3.89. The lowest BCUT2D eigenvalue weighted by Gasteiger charge is -2.25. The number of hydrogen-bond acceptors (Lipinski definition) is 1. The van der Waals surface area contributed by atoms with Gasteiger partial charge >= 0.3 is 0 Å². The largest absolute Gasteiger partial charge is 0.361 e. The van der Waals surface area contributed by atoms with Gasteiger partial charge in [0.1, 0.15) is 17.9 Å². The second-order valence-corrected chi connectivity index (χ2v) is 10.1. The molecule has 0 amide bonds. The van der Waals surface area contributed by atoms with Crippen molar-refractivity contribution in [1.29, 1.82) is 0 Å². The Morgan fingerprint density at radius 2 is 1.27 bits per heavy atom. The Balaban J connectivity index is 3.90. The molecule has 0 aromatic carbocycles. The molecule has 0 aliphatic rings. The van der Waals surface area contributed by atoms with Crippen LogP contribution in [0.15, 0.2) is 0 Å². The van der Waals surface area contributed by atoms with E-state index in [0.717, 1.165) is 11.1 Å². The Kier molecular flexibility index (Phi) is 5.30. The van der Waals surface area contributed by atoms with Gasteiger partial charge in [0.15, 0.2) is 0 Å². The summed E-state index contributed by atoms with van der Waals surface area (Å²) in [7, 11) is -0.510. The second kappa shape index (κ2) is 5.11. The third-order valence-electron chi connectivity index (χ3n) is 1.64. The maximum absolute atomic E-state index is 3.78. The zero-order chi connectivity index (χ0) is 9.02. The van der Waals surface area contributed by atoms with Crippen molar-refractivity contribution in [3.8, 4) is 0 Å². The lowest BCUT2D eigenvalue weighted by Crippen LogP contribution is -2.45. The van der Waals surface area contributed by atoms with E-state index in [1.807, 2.05) is 0 Å². The van der Waals surface area contributed by atoms with Crippen molar-refractivity contribution in [2.45, 2.75) is 51.9 Å². The minimum atomic E-state index is -0.283. The monoisotopic (exact) mass is 187 g/mol. The molecule has 0 aromatic rings. The van der Waals surface area contributed by atoms with Crippen LogP contribution < -0.4 is 4.65 Å². The van der Waals surface area contributed by atoms with Crippen LogP contribution >= 0.6 is 0 Å². The minimum absolute atomic E-state index is 0.227. The fourth-order valence-corrected chi connectivity index (χ4v) is 7.20. The van der Waals surface area contributed by atoms with Gasteiger partial charge < -0.3 is 4.65 Å². The van der Waals surface area contributed by atoms with E-state index in [9.17, 15) is 0 Å². The van der Waals surface area contributed by atoms with Gasteiger partial charge in [-0.3, -0.25) is 0 Å². The van der Waals surface area contributed by atoms with E-state index in [2.05, 4.69) is 45.4 Å². The number of rotatable bonds is 4. The fourth-order valence-electron chi connectivity index (χ4n) is 1.24. The van der Waals surface area contributed by atoms with Gasteiger partial charge in [-0.25, -0.2) is 0 Å². The summed E-state index contributed by atoms with van der Waals surface area (Å²) in [6.07, 6.45) is 0. The highest BCUT2D eigenvalue weighted by Crippen LogP contribution is 2.17. The summed E-state index contributed by atoms with van der Waals surface area (Å²) in [6.45, 7) is 14.0. The first kappa shape index (κ1) is 11.4. The van der Waals surface area contributed by atoms with Gasteiger partial charge in [0, 0.05) is 0 Å². The summed E-state index contributed by atoms with van der Waals surface area (Å²) in [5.74, 6) is 0. The SMILES string of the molecule is CC(C)[Si](N[Si](C)C)C(C)C. The summed E-state index contributed by atoms with van der Waals surface area (Å²) in [5.41, 5.74) is 1.72. The molecule has 0 bridgehead atoms. The van der Waals surface area contributed by atoms with Crippen molar-refractivity contribution >= 4 is 17.9 Å². The van der Waals surface area contributed by atoms with E-state index >= 15 is 0 Å². The van der Waals surface area contributed by atoms with Crippen molar-refractivity contribution < 1.29 is 0 Å². The Morgan fingerprint density at radius 1 is 0.909 bits per heavy atom. The highest BCUT2D eigenvalue weighted by molar-refractivity contribution is 6.73. The third kappa shape index (κ3) is 4.77. The normalized spacial score (nSPS) is 12.5. The van der Waals surface area contributed by atoms with E-state index in [1.54, 1.807) is 0 Å². The molecule has 0 saturated heterocycles. The molecule has 0 aliphatic carbocycles. The Bertz CT molecular complexity index is 94.3. The first-order valence-corrected chi connectivity index (χ1v) is 8.54. The summed E-state index contributed by atoms with van der Waals surface area (Å²) in [5, 5.41) is 0. The van der Waals surface area contributed by atoms with Crippen molar-refractivity contribution in [3.05, 3.63) is 0 Å². The van der Waals surface area contributed by atoms with E-state index in [4.69, 9.17) is 0 Å². The van der Waals surface area contributed by atoms with Crippen molar-refractivity contribution in [1.82, 2.24) is 4.65 Å². The van der Waals surface area contributed by atoms with Crippen LogP contribution in [0.4, 0.5) is 0 Å². The van der Waals surface area contributed by atoms with Gasteiger partial charge in [-0.05, 0) is 11.1 Å². The predicted octanol–water partition coefficient (Wildman–Crippen LogP) is 2.64. The van der Waals surface area contributed by atoms with Gasteiger partial charge in [0.2, 0.25) is 0 Å². The molecule has 0 saturated carbocycles. The zero-order valence-corrected chi connectivity index (χ0v) is 10.7. The van der Waals surface area contributed by atoms with Crippen LogP contribution in [0.25, 0.3) is 0 Å². The molecule has 0 aliphatic heterocycles. The molecule has 1 N–H and O–H groups in total. The summed E-state index contributed by atoms with van der Waals surface area (Å²) < 4.78 is 3.78. The van der Waals surface area contributed by atoms with Crippen LogP contribution in [-0.4, -0.2) is 17.9 Å². The minimum Gasteiger partial charge on any atom is -0.361 e. The van der Waals surface area contributed by atoms with Crippen LogP contribution in [0.2, 0.25) is 24.2 Å². The van der Waals surface area contributed by atoms with Crippen LogP contribution in [0.1, 0.15) is 27.7 Å².